The molecule has 3 atom stereocenters. The molecule has 0 saturated carbocycles. The van der Waals surface area contributed by atoms with Crippen LogP contribution < -0.4 is 5.32 Å². The van der Waals surface area contributed by atoms with Gasteiger partial charge in [0.1, 0.15) is 18.2 Å². The van der Waals surface area contributed by atoms with Crippen molar-refractivity contribution in [1.82, 2.24) is 9.80 Å². The predicted molar refractivity (Wildman–Crippen MR) is 123 cm³/mol. The second-order valence-corrected chi connectivity index (χ2v) is 8.59. The lowest BCUT2D eigenvalue weighted by atomic mass is 9.73. The van der Waals surface area contributed by atoms with E-state index >= 15 is 0 Å². The van der Waals surface area contributed by atoms with E-state index in [1.54, 1.807) is 23.1 Å². The summed E-state index contributed by atoms with van der Waals surface area (Å²) in [6, 6.07) is 18.5. The van der Waals surface area contributed by atoms with Crippen molar-refractivity contribution in [1.29, 1.82) is 0 Å². The van der Waals surface area contributed by atoms with Crippen LogP contribution in [0.4, 0.5) is 19.3 Å². The van der Waals surface area contributed by atoms with Crippen molar-refractivity contribution < 1.29 is 23.5 Å². The van der Waals surface area contributed by atoms with Crippen LogP contribution in [-0.2, 0) is 4.79 Å². The lowest BCUT2D eigenvalue weighted by Crippen LogP contribution is -2.73. The van der Waals surface area contributed by atoms with Crippen molar-refractivity contribution in [2.24, 2.45) is 0 Å². The molecule has 6 nitrogen and oxygen atoms in total. The molecule has 0 spiro atoms. The zero-order valence-corrected chi connectivity index (χ0v) is 18.2. The molecule has 0 radical (unpaired) electrons. The van der Waals surface area contributed by atoms with E-state index in [2.05, 4.69) is 5.32 Å². The minimum Gasteiger partial charge on any atom is -0.394 e. The lowest BCUT2D eigenvalue weighted by molar-refractivity contribution is -0.159. The van der Waals surface area contributed by atoms with Gasteiger partial charge >= 0.3 is 6.03 Å². The monoisotopic (exact) mass is 463 g/mol. The van der Waals surface area contributed by atoms with Gasteiger partial charge in [-0.1, -0.05) is 42.5 Å². The third-order valence-electron chi connectivity index (χ3n) is 6.59. The molecule has 2 saturated heterocycles. The number of benzene rings is 3. The van der Waals surface area contributed by atoms with E-state index in [1.165, 1.54) is 35.2 Å². The number of piperazine rings is 1. The lowest BCUT2D eigenvalue weighted by Gasteiger charge is -2.58. The number of nitrogens with one attached hydrogen (secondary N) is 1. The second-order valence-electron chi connectivity index (χ2n) is 8.59. The van der Waals surface area contributed by atoms with Crippen molar-refractivity contribution >= 4 is 17.6 Å². The number of urea groups is 1. The quantitative estimate of drug-likeness (QED) is 0.618. The SMILES string of the molecule is O=C(Nc1cccc(F)c1)N1CC(=O)N2[C@H](CO)[C@H](c3ccc(-c4ccc(F)cc4)cc3)[C@H]2C1. The topological polar surface area (TPSA) is 72.9 Å². The largest absolute Gasteiger partial charge is 0.394 e. The minimum absolute atomic E-state index is 0.107. The van der Waals surface area contributed by atoms with Crippen molar-refractivity contribution in [2.75, 3.05) is 25.0 Å². The molecule has 0 unspecified atom stereocenters. The van der Waals surface area contributed by atoms with Gasteiger partial charge in [0.25, 0.3) is 0 Å². The van der Waals surface area contributed by atoms with Gasteiger partial charge in [0.05, 0.1) is 18.7 Å². The van der Waals surface area contributed by atoms with Gasteiger partial charge in [-0.15, -0.1) is 0 Å². The first kappa shape index (κ1) is 22.0. The Morgan fingerprint density at radius 3 is 2.29 bits per heavy atom. The smallest absolute Gasteiger partial charge is 0.322 e. The Labute approximate surface area is 195 Å². The van der Waals surface area contributed by atoms with Crippen molar-refractivity contribution in [2.45, 2.75) is 18.0 Å². The fourth-order valence-electron chi connectivity index (χ4n) is 4.96. The van der Waals surface area contributed by atoms with Crippen LogP contribution in [-0.4, -0.2) is 58.6 Å². The fourth-order valence-corrected chi connectivity index (χ4v) is 4.96. The van der Waals surface area contributed by atoms with Crippen molar-refractivity contribution in [3.05, 3.63) is 90.0 Å². The molecule has 5 rings (SSSR count). The second kappa shape index (κ2) is 8.87. The number of hydrogen-bond acceptors (Lipinski definition) is 3. The van der Waals surface area contributed by atoms with Gasteiger partial charge in [0.2, 0.25) is 5.91 Å². The van der Waals surface area contributed by atoms with Crippen LogP contribution in [0.25, 0.3) is 11.1 Å². The fraction of sp³-hybridized carbons (Fsp3) is 0.231. The van der Waals surface area contributed by atoms with Gasteiger partial charge in [-0.05, 0) is 47.0 Å². The van der Waals surface area contributed by atoms with Gasteiger partial charge in [0, 0.05) is 18.2 Å². The Morgan fingerprint density at radius 2 is 1.65 bits per heavy atom. The van der Waals surface area contributed by atoms with Crippen molar-refractivity contribution in [3.63, 3.8) is 0 Å². The number of carbonyl (C=O) groups excluding carboxylic acids is 2. The highest BCUT2D eigenvalue weighted by Crippen LogP contribution is 2.43. The number of carbonyl (C=O) groups is 2. The maximum atomic E-state index is 13.5. The number of halogens is 2. The molecule has 3 aromatic rings. The first-order valence-electron chi connectivity index (χ1n) is 11.0. The zero-order chi connectivity index (χ0) is 23.8. The number of rotatable bonds is 4. The van der Waals surface area contributed by atoms with Crippen LogP contribution >= 0.6 is 0 Å². The molecule has 2 aliphatic rings. The van der Waals surface area contributed by atoms with E-state index in [4.69, 9.17) is 0 Å². The van der Waals surface area contributed by atoms with Gasteiger partial charge in [-0.2, -0.15) is 0 Å². The van der Waals surface area contributed by atoms with Gasteiger partial charge in [0.15, 0.2) is 0 Å². The highest BCUT2D eigenvalue weighted by molar-refractivity contribution is 5.93. The summed E-state index contributed by atoms with van der Waals surface area (Å²) in [5, 5.41) is 12.6. The molecule has 2 aliphatic heterocycles. The maximum Gasteiger partial charge on any atom is 0.322 e. The van der Waals surface area contributed by atoms with Crippen LogP contribution in [0.15, 0.2) is 72.8 Å². The highest BCUT2D eigenvalue weighted by Gasteiger charge is 2.54. The molecule has 8 heteroatoms. The first-order chi connectivity index (χ1) is 16.4. The Morgan fingerprint density at radius 1 is 0.971 bits per heavy atom. The average Bonchev–Trinajstić information content (AvgIpc) is 2.81. The molecular formula is C26H23F2N3O3. The number of aliphatic hydroxyl groups excluding tert-OH is 1. The molecular weight excluding hydrogens is 440 g/mol. The van der Waals surface area contributed by atoms with Crippen LogP contribution in [0.1, 0.15) is 11.5 Å². The van der Waals surface area contributed by atoms with Gasteiger partial charge in [-0.3, -0.25) is 4.79 Å². The molecule has 34 heavy (non-hydrogen) atoms. The molecule has 3 amide bonds. The summed E-state index contributed by atoms with van der Waals surface area (Å²) in [5.74, 6) is -1.13. The summed E-state index contributed by atoms with van der Waals surface area (Å²) in [6.45, 7) is 0.0141. The Bertz CT molecular complexity index is 1220. The number of amides is 3. The molecule has 0 bridgehead atoms. The summed E-state index contributed by atoms with van der Waals surface area (Å²) in [6.07, 6.45) is 0. The van der Waals surface area contributed by atoms with E-state index in [0.29, 0.717) is 12.2 Å². The average molecular weight is 463 g/mol. The normalized spacial score (nSPS) is 21.6. The van der Waals surface area contributed by atoms with Crippen LogP contribution in [0, 0.1) is 11.6 Å². The van der Waals surface area contributed by atoms with Crippen LogP contribution in [0.3, 0.4) is 0 Å². The predicted octanol–water partition coefficient (Wildman–Crippen LogP) is 3.83. The number of fused-ring (bicyclic) bond motifs is 1. The minimum atomic E-state index is -0.476. The first-order valence-corrected chi connectivity index (χ1v) is 11.0. The standard InChI is InChI=1S/C26H23F2N3O3/c27-19-10-8-17(9-11-19)16-4-6-18(7-5-16)25-22-13-30(14-24(33)31(22)23(25)15-32)26(34)29-21-3-1-2-20(28)12-21/h1-12,22-23,25,32H,13-15H2,(H,29,34)/t22-,23-,25-/m1/s1. The molecule has 2 fully saturated rings. The van der Waals surface area contributed by atoms with E-state index in [0.717, 1.165) is 16.7 Å². The maximum absolute atomic E-state index is 13.5. The Kier molecular flexibility index (Phi) is 5.75. The summed E-state index contributed by atoms with van der Waals surface area (Å²) in [4.78, 5) is 28.6. The Balaban J connectivity index is 1.34. The van der Waals surface area contributed by atoms with Gasteiger partial charge < -0.3 is 20.2 Å². The number of aliphatic hydroxyl groups is 1. The molecule has 0 aliphatic carbocycles. The number of hydrogen-bond donors (Lipinski definition) is 2. The molecule has 2 N–H and O–H groups in total. The molecule has 174 valence electrons. The van der Waals surface area contributed by atoms with E-state index in [1.807, 2.05) is 24.3 Å². The van der Waals surface area contributed by atoms with E-state index in [9.17, 15) is 23.5 Å². The summed E-state index contributed by atoms with van der Waals surface area (Å²) in [7, 11) is 0. The number of anilines is 1. The Hall–Kier alpha value is -3.78. The van der Waals surface area contributed by atoms with Crippen LogP contribution in [0.2, 0.25) is 0 Å². The third kappa shape index (κ3) is 4.01. The summed E-state index contributed by atoms with van der Waals surface area (Å²) >= 11 is 0. The molecule has 2 heterocycles. The summed E-state index contributed by atoms with van der Waals surface area (Å²) < 4.78 is 26.7. The third-order valence-corrected chi connectivity index (χ3v) is 6.59. The highest BCUT2D eigenvalue weighted by atomic mass is 19.1. The molecule has 3 aromatic carbocycles. The van der Waals surface area contributed by atoms with E-state index in [-0.39, 0.29) is 42.9 Å². The number of nitrogens with zero attached hydrogens (tertiary/aromatic N) is 2. The van der Waals surface area contributed by atoms with Crippen molar-refractivity contribution in [3.8, 4) is 11.1 Å². The summed E-state index contributed by atoms with van der Waals surface area (Å²) in [5.41, 5.74) is 3.08. The zero-order valence-electron chi connectivity index (χ0n) is 18.2. The van der Waals surface area contributed by atoms with E-state index < -0.39 is 11.8 Å². The van der Waals surface area contributed by atoms with Gasteiger partial charge in [-0.25, -0.2) is 13.6 Å². The van der Waals surface area contributed by atoms with Crippen LogP contribution in [0.5, 0.6) is 0 Å². The molecule has 0 aromatic heterocycles.